The predicted octanol–water partition coefficient (Wildman–Crippen LogP) is 5.51. The van der Waals surface area contributed by atoms with Gasteiger partial charge in [-0.05, 0) is 61.2 Å². The molecule has 1 aliphatic rings. The van der Waals surface area contributed by atoms with E-state index in [1.807, 2.05) is 24.3 Å². The number of benzene rings is 1. The van der Waals surface area contributed by atoms with Gasteiger partial charge in [0.1, 0.15) is 5.00 Å². The van der Waals surface area contributed by atoms with Crippen molar-refractivity contribution in [2.45, 2.75) is 38.6 Å². The number of halogens is 1. The van der Waals surface area contributed by atoms with Crippen molar-refractivity contribution in [1.29, 1.82) is 0 Å². The van der Waals surface area contributed by atoms with Gasteiger partial charge >= 0.3 is 5.97 Å². The molecule has 0 amide bonds. The van der Waals surface area contributed by atoms with Gasteiger partial charge in [0.2, 0.25) is 0 Å². The highest BCUT2D eigenvalue weighted by Gasteiger charge is 2.25. The van der Waals surface area contributed by atoms with Gasteiger partial charge in [-0.15, -0.1) is 11.3 Å². The standard InChI is InChI=1S/C22H23ClN4O2S2/c1-29-21(28)19-17-8-3-2-4-9-18(17)31-20(19)26-22(30)25-16-7-5-6-14(10-16)12-27-13-15(23)11-24-27/h5-7,10-11,13H,2-4,8-9,12H2,1H3,(H2,25,26,30). The number of fused-ring (bicyclic) bond motifs is 1. The van der Waals surface area contributed by atoms with Crippen molar-refractivity contribution in [2.75, 3.05) is 17.7 Å². The van der Waals surface area contributed by atoms with Crippen molar-refractivity contribution in [3.8, 4) is 0 Å². The zero-order valence-electron chi connectivity index (χ0n) is 17.1. The Morgan fingerprint density at radius 1 is 1.29 bits per heavy atom. The van der Waals surface area contributed by atoms with Crippen molar-refractivity contribution in [1.82, 2.24) is 9.78 Å². The Morgan fingerprint density at radius 3 is 2.90 bits per heavy atom. The third-order valence-electron chi connectivity index (χ3n) is 5.17. The first-order valence-electron chi connectivity index (χ1n) is 10.1. The third-order valence-corrected chi connectivity index (χ3v) is 6.78. The maximum Gasteiger partial charge on any atom is 0.341 e. The van der Waals surface area contributed by atoms with Crippen molar-refractivity contribution < 1.29 is 9.53 Å². The summed E-state index contributed by atoms with van der Waals surface area (Å²) in [5.41, 5.74) is 3.65. The number of carbonyl (C=O) groups excluding carboxylic acids is 1. The molecule has 0 unspecified atom stereocenters. The van der Waals surface area contributed by atoms with Crippen LogP contribution in [0.25, 0.3) is 0 Å². The van der Waals surface area contributed by atoms with Gasteiger partial charge in [-0.25, -0.2) is 4.79 Å². The Morgan fingerprint density at radius 2 is 2.13 bits per heavy atom. The highest BCUT2D eigenvalue weighted by Crippen LogP contribution is 2.38. The van der Waals surface area contributed by atoms with Crippen LogP contribution in [-0.2, 0) is 24.1 Å². The van der Waals surface area contributed by atoms with E-state index in [1.165, 1.54) is 18.4 Å². The molecule has 0 radical (unpaired) electrons. The van der Waals surface area contributed by atoms with Crippen LogP contribution in [-0.4, -0.2) is 28.0 Å². The van der Waals surface area contributed by atoms with Gasteiger partial charge in [0, 0.05) is 16.8 Å². The molecule has 0 atom stereocenters. The molecule has 162 valence electrons. The summed E-state index contributed by atoms with van der Waals surface area (Å²) in [4.78, 5) is 13.8. The lowest BCUT2D eigenvalue weighted by Gasteiger charge is -2.12. The monoisotopic (exact) mass is 474 g/mol. The van der Waals surface area contributed by atoms with E-state index in [0.717, 1.165) is 47.5 Å². The Labute approximate surface area is 195 Å². The third kappa shape index (κ3) is 5.26. The van der Waals surface area contributed by atoms with E-state index >= 15 is 0 Å². The molecule has 0 fully saturated rings. The van der Waals surface area contributed by atoms with Crippen molar-refractivity contribution in [3.63, 3.8) is 0 Å². The summed E-state index contributed by atoms with van der Waals surface area (Å²) in [6, 6.07) is 7.92. The van der Waals surface area contributed by atoms with Crippen LogP contribution in [0.2, 0.25) is 5.02 Å². The molecule has 1 aliphatic carbocycles. The number of hydrogen-bond acceptors (Lipinski definition) is 5. The molecule has 6 nitrogen and oxygen atoms in total. The molecule has 0 bridgehead atoms. The summed E-state index contributed by atoms with van der Waals surface area (Å²) < 4.78 is 6.84. The minimum absolute atomic E-state index is 0.315. The lowest BCUT2D eigenvalue weighted by molar-refractivity contribution is 0.0601. The summed E-state index contributed by atoms with van der Waals surface area (Å²) in [6.07, 6.45) is 8.70. The Kier molecular flexibility index (Phi) is 6.89. The fourth-order valence-corrected chi connectivity index (χ4v) is 5.50. The normalized spacial score (nSPS) is 13.2. The SMILES string of the molecule is COC(=O)c1c(NC(=S)Nc2cccc(Cn3cc(Cl)cn3)c2)sc2c1CCCCC2. The molecule has 0 saturated carbocycles. The molecule has 0 spiro atoms. The van der Waals surface area contributed by atoms with Gasteiger partial charge in [-0.3, -0.25) is 4.68 Å². The lowest BCUT2D eigenvalue weighted by Crippen LogP contribution is -2.20. The largest absolute Gasteiger partial charge is 0.465 e. The van der Waals surface area contributed by atoms with E-state index in [4.69, 9.17) is 28.6 Å². The molecule has 3 aromatic rings. The summed E-state index contributed by atoms with van der Waals surface area (Å²) in [6.45, 7) is 0.604. The molecule has 2 N–H and O–H groups in total. The second-order valence-corrected chi connectivity index (χ2v) is 9.35. The van der Waals surface area contributed by atoms with E-state index in [1.54, 1.807) is 28.4 Å². The van der Waals surface area contributed by atoms with E-state index in [2.05, 4.69) is 15.7 Å². The fourth-order valence-electron chi connectivity index (χ4n) is 3.77. The Hall–Kier alpha value is -2.42. The second kappa shape index (κ2) is 9.80. The topological polar surface area (TPSA) is 68.2 Å². The molecule has 31 heavy (non-hydrogen) atoms. The molecule has 2 heterocycles. The van der Waals surface area contributed by atoms with Crippen LogP contribution < -0.4 is 10.6 Å². The first-order valence-corrected chi connectivity index (χ1v) is 11.7. The van der Waals surface area contributed by atoms with Gasteiger partial charge in [0.15, 0.2) is 5.11 Å². The average molecular weight is 475 g/mol. The molecule has 0 saturated heterocycles. The van der Waals surface area contributed by atoms with Crippen LogP contribution in [0, 0.1) is 0 Å². The molecular formula is C22H23ClN4O2S2. The van der Waals surface area contributed by atoms with Gasteiger partial charge in [-0.2, -0.15) is 5.10 Å². The number of carbonyl (C=O) groups is 1. The summed E-state index contributed by atoms with van der Waals surface area (Å²) in [7, 11) is 1.42. The number of hydrogen-bond donors (Lipinski definition) is 2. The number of methoxy groups -OCH3 is 1. The van der Waals surface area contributed by atoms with Crippen LogP contribution in [0.1, 0.15) is 45.6 Å². The van der Waals surface area contributed by atoms with Crippen LogP contribution in [0.3, 0.4) is 0 Å². The number of anilines is 2. The fraction of sp³-hybridized carbons (Fsp3) is 0.318. The quantitative estimate of drug-likeness (QED) is 0.288. The minimum atomic E-state index is -0.315. The van der Waals surface area contributed by atoms with Crippen LogP contribution in [0.15, 0.2) is 36.7 Å². The van der Waals surface area contributed by atoms with Crippen LogP contribution >= 0.6 is 35.2 Å². The maximum atomic E-state index is 12.5. The summed E-state index contributed by atoms with van der Waals surface area (Å²) >= 11 is 13.1. The van der Waals surface area contributed by atoms with Crippen molar-refractivity contribution in [2.24, 2.45) is 0 Å². The zero-order chi connectivity index (χ0) is 21.8. The predicted molar refractivity (Wildman–Crippen MR) is 130 cm³/mol. The molecule has 4 rings (SSSR count). The number of ether oxygens (including phenoxy) is 1. The molecule has 0 aliphatic heterocycles. The summed E-state index contributed by atoms with van der Waals surface area (Å²) in [5.74, 6) is -0.315. The number of aryl methyl sites for hydroxylation is 1. The maximum absolute atomic E-state index is 12.5. The molecule has 1 aromatic carbocycles. The van der Waals surface area contributed by atoms with E-state index in [-0.39, 0.29) is 5.97 Å². The Balaban J connectivity index is 1.49. The number of esters is 1. The van der Waals surface area contributed by atoms with Crippen molar-refractivity contribution >= 4 is 56.9 Å². The van der Waals surface area contributed by atoms with E-state index in [9.17, 15) is 4.79 Å². The highest BCUT2D eigenvalue weighted by atomic mass is 35.5. The number of thiophene rings is 1. The second-order valence-electron chi connectivity index (χ2n) is 7.40. The van der Waals surface area contributed by atoms with E-state index < -0.39 is 0 Å². The number of aromatic nitrogens is 2. The van der Waals surface area contributed by atoms with Gasteiger partial charge in [0.05, 0.1) is 30.4 Å². The van der Waals surface area contributed by atoms with Gasteiger partial charge in [0.25, 0.3) is 0 Å². The number of nitrogens with zero attached hydrogens (tertiary/aromatic N) is 2. The molecule has 9 heteroatoms. The van der Waals surface area contributed by atoms with Gasteiger partial charge < -0.3 is 15.4 Å². The Bertz CT molecular complexity index is 1110. The van der Waals surface area contributed by atoms with Gasteiger partial charge in [-0.1, -0.05) is 30.2 Å². The number of nitrogens with one attached hydrogen (secondary N) is 2. The van der Waals surface area contributed by atoms with E-state index in [0.29, 0.717) is 22.2 Å². The number of rotatable bonds is 5. The van der Waals surface area contributed by atoms with Crippen LogP contribution in [0.5, 0.6) is 0 Å². The minimum Gasteiger partial charge on any atom is -0.465 e. The zero-order valence-corrected chi connectivity index (χ0v) is 19.5. The smallest absolute Gasteiger partial charge is 0.341 e. The highest BCUT2D eigenvalue weighted by molar-refractivity contribution is 7.80. The summed E-state index contributed by atoms with van der Waals surface area (Å²) in [5, 5.41) is 12.4. The van der Waals surface area contributed by atoms with Crippen molar-refractivity contribution in [3.05, 3.63) is 63.2 Å². The average Bonchev–Trinajstić information content (AvgIpc) is 3.22. The molecular weight excluding hydrogens is 452 g/mol. The first-order chi connectivity index (χ1) is 15.0. The number of thiocarbonyl (C=S) groups is 1. The lowest BCUT2D eigenvalue weighted by atomic mass is 10.1. The van der Waals surface area contributed by atoms with Crippen LogP contribution in [0.4, 0.5) is 10.7 Å². The first kappa shape index (κ1) is 21.8. The molecule has 2 aromatic heterocycles.